The number of nitrogens with zero attached hydrogens (tertiary/aromatic N) is 3. The molecule has 7 nitrogen and oxygen atoms in total. The average molecular weight is 640 g/mol. The third-order valence-electron chi connectivity index (χ3n) is 8.17. The van der Waals surface area contributed by atoms with Gasteiger partial charge in [0, 0.05) is 62.3 Å². The van der Waals surface area contributed by atoms with E-state index in [9.17, 15) is 49.4 Å². The van der Waals surface area contributed by atoms with Crippen LogP contribution in [0.4, 0.5) is 41.2 Å². The monoisotopic (exact) mass is 639 g/mol. The number of alkyl halides is 6. The zero-order chi connectivity index (χ0) is 31.9. The zero-order valence-electron chi connectivity index (χ0n) is 23.3. The summed E-state index contributed by atoms with van der Waals surface area (Å²) in [5.74, 6) is -1.43. The van der Waals surface area contributed by atoms with Crippen LogP contribution in [0.3, 0.4) is 0 Å². The van der Waals surface area contributed by atoms with Gasteiger partial charge in [0.15, 0.2) is 0 Å². The molecule has 2 aromatic carbocycles. The normalized spacial score (nSPS) is 22.2. The highest BCUT2D eigenvalue weighted by Crippen LogP contribution is 2.46. The summed E-state index contributed by atoms with van der Waals surface area (Å²) < 4.78 is 114. The van der Waals surface area contributed by atoms with Crippen molar-refractivity contribution in [3.05, 3.63) is 65.0 Å². The van der Waals surface area contributed by atoms with E-state index in [4.69, 9.17) is 0 Å². The Kier molecular flexibility index (Phi) is 9.29. The van der Waals surface area contributed by atoms with E-state index in [1.54, 1.807) is 4.90 Å². The molecule has 4 rings (SSSR count). The van der Waals surface area contributed by atoms with Gasteiger partial charge >= 0.3 is 18.4 Å². The van der Waals surface area contributed by atoms with Gasteiger partial charge in [0.2, 0.25) is 5.91 Å². The SMILES string of the molecule is CN(C(=O)N(C)[C@@H]1CCN(C(=O)C2CCS(O)(O)CC2)C[C@H]1c1ccc(F)cc1)c1cc(C(F)(F)F)cc(C(F)(F)F)c1. The number of hydrogen-bond donors (Lipinski definition) is 2. The fourth-order valence-corrected chi connectivity index (χ4v) is 7.20. The first kappa shape index (κ1) is 32.9. The number of carbonyl (C=O) groups excluding carboxylic acids is 2. The van der Waals surface area contributed by atoms with Crippen LogP contribution in [0.2, 0.25) is 0 Å². The standard InChI is InChI=1S/C28H32F7N3O4S/c1-36(22-14-19(27(30,31)32)13-20(15-22)28(33,34)35)26(40)37(2)24-7-10-38(16-23(24)17-3-5-21(29)6-4-17)25(39)18-8-11-43(41,42)12-9-18/h3-6,13-15,18,23-24,41-42H,7-12,16H2,1-2H3/t23-,24+/m0/s1. The number of hydrogen-bond acceptors (Lipinski definition) is 4. The molecule has 238 valence electrons. The molecule has 0 saturated carbocycles. The second-order valence-corrected chi connectivity index (χ2v) is 13.4. The van der Waals surface area contributed by atoms with Gasteiger partial charge in [-0.2, -0.15) is 36.9 Å². The van der Waals surface area contributed by atoms with E-state index < -0.39 is 69.5 Å². The lowest BCUT2D eigenvalue weighted by molar-refractivity contribution is -0.143. The summed E-state index contributed by atoms with van der Waals surface area (Å²) in [6.45, 7) is 0.321. The van der Waals surface area contributed by atoms with Crippen molar-refractivity contribution in [2.24, 2.45) is 5.92 Å². The highest BCUT2D eigenvalue weighted by atomic mass is 32.3. The van der Waals surface area contributed by atoms with Gasteiger partial charge in [0.05, 0.1) is 11.1 Å². The van der Waals surface area contributed by atoms with Crippen LogP contribution < -0.4 is 4.90 Å². The molecule has 2 saturated heterocycles. The lowest BCUT2D eigenvalue weighted by Crippen LogP contribution is -2.55. The fraction of sp³-hybridized carbons (Fsp3) is 0.500. The van der Waals surface area contributed by atoms with Crippen LogP contribution in [0.1, 0.15) is 41.9 Å². The summed E-state index contributed by atoms with van der Waals surface area (Å²) in [6.07, 6.45) is -9.34. The first-order valence-corrected chi connectivity index (χ1v) is 15.3. The summed E-state index contributed by atoms with van der Waals surface area (Å²) in [5.41, 5.74) is -3.13. The molecule has 3 amide bonds. The van der Waals surface area contributed by atoms with Crippen molar-refractivity contribution in [1.29, 1.82) is 0 Å². The fourth-order valence-electron chi connectivity index (χ4n) is 5.68. The second kappa shape index (κ2) is 12.2. The molecule has 0 aromatic heterocycles. The van der Waals surface area contributed by atoms with Crippen molar-refractivity contribution in [2.75, 3.05) is 43.6 Å². The molecular weight excluding hydrogens is 607 g/mol. The molecule has 0 radical (unpaired) electrons. The lowest BCUT2D eigenvalue weighted by Gasteiger charge is -2.45. The van der Waals surface area contributed by atoms with Gasteiger partial charge in [-0.3, -0.25) is 18.8 Å². The Labute approximate surface area is 245 Å². The molecule has 2 fully saturated rings. The topological polar surface area (TPSA) is 84.3 Å². The quantitative estimate of drug-likeness (QED) is 0.357. The van der Waals surface area contributed by atoms with Gasteiger partial charge in [-0.25, -0.2) is 9.18 Å². The Balaban J connectivity index is 1.60. The number of piperidine rings is 1. The third-order valence-corrected chi connectivity index (χ3v) is 9.95. The molecule has 2 aliphatic rings. The highest BCUT2D eigenvalue weighted by Gasteiger charge is 2.41. The van der Waals surface area contributed by atoms with Crippen molar-refractivity contribution in [1.82, 2.24) is 9.80 Å². The molecule has 0 aliphatic carbocycles. The molecule has 2 atom stereocenters. The number of anilines is 1. The Morgan fingerprint density at radius 2 is 1.42 bits per heavy atom. The van der Waals surface area contributed by atoms with Crippen LogP contribution in [0.15, 0.2) is 42.5 Å². The third kappa shape index (κ3) is 7.55. The number of amides is 3. The van der Waals surface area contributed by atoms with Gasteiger partial charge in [0.1, 0.15) is 5.82 Å². The zero-order valence-corrected chi connectivity index (χ0v) is 24.1. The molecule has 2 aromatic rings. The van der Waals surface area contributed by atoms with Crippen LogP contribution in [0.25, 0.3) is 0 Å². The number of likely N-dealkylation sites (tertiary alicyclic amines) is 1. The Morgan fingerprint density at radius 3 is 1.93 bits per heavy atom. The summed E-state index contributed by atoms with van der Waals surface area (Å²) in [4.78, 5) is 30.4. The van der Waals surface area contributed by atoms with Crippen molar-refractivity contribution in [2.45, 2.75) is 43.6 Å². The molecule has 0 unspecified atom stereocenters. The van der Waals surface area contributed by atoms with Crippen molar-refractivity contribution in [3.8, 4) is 0 Å². The second-order valence-electron chi connectivity index (χ2n) is 11.0. The minimum absolute atomic E-state index is 0.0163. The maximum Gasteiger partial charge on any atom is 0.416 e. The minimum atomic E-state index is -5.09. The predicted octanol–water partition coefficient (Wildman–Crippen LogP) is 6.90. The number of likely N-dealkylation sites (N-methyl/N-ethyl adjacent to an activating group) is 1. The van der Waals surface area contributed by atoms with E-state index in [2.05, 4.69) is 0 Å². The van der Waals surface area contributed by atoms with Crippen molar-refractivity contribution >= 4 is 28.2 Å². The Bertz CT molecular complexity index is 1290. The molecule has 0 bridgehead atoms. The van der Waals surface area contributed by atoms with E-state index in [0.29, 0.717) is 35.4 Å². The Hall–Kier alpha value is -3.04. The van der Waals surface area contributed by atoms with Crippen LogP contribution in [-0.4, -0.2) is 75.6 Å². The van der Waals surface area contributed by atoms with Crippen LogP contribution in [0.5, 0.6) is 0 Å². The first-order valence-electron chi connectivity index (χ1n) is 13.5. The molecular formula is C28H32F7N3O4S. The largest absolute Gasteiger partial charge is 0.416 e. The van der Waals surface area contributed by atoms with Gasteiger partial charge in [0.25, 0.3) is 0 Å². The van der Waals surface area contributed by atoms with Gasteiger partial charge < -0.3 is 9.80 Å². The summed E-state index contributed by atoms with van der Waals surface area (Å²) in [6, 6.07) is 4.85. The first-order chi connectivity index (χ1) is 19.9. The number of halogens is 7. The summed E-state index contributed by atoms with van der Waals surface area (Å²) in [5, 5.41) is 0. The summed E-state index contributed by atoms with van der Waals surface area (Å²) >= 11 is 0. The number of benzene rings is 2. The lowest BCUT2D eigenvalue weighted by atomic mass is 9.84. The van der Waals surface area contributed by atoms with Gasteiger partial charge in [-0.15, -0.1) is 0 Å². The predicted molar refractivity (Wildman–Crippen MR) is 147 cm³/mol. The molecule has 2 aliphatic heterocycles. The molecule has 43 heavy (non-hydrogen) atoms. The highest BCUT2D eigenvalue weighted by molar-refractivity contribution is 8.24. The van der Waals surface area contributed by atoms with Gasteiger partial charge in [-0.05, 0) is 55.2 Å². The van der Waals surface area contributed by atoms with Crippen LogP contribution >= 0.6 is 10.6 Å². The van der Waals surface area contributed by atoms with Crippen LogP contribution in [-0.2, 0) is 17.1 Å². The van der Waals surface area contributed by atoms with Gasteiger partial charge in [-0.1, -0.05) is 12.1 Å². The minimum Gasteiger partial charge on any atom is -0.342 e. The van der Waals surface area contributed by atoms with Crippen molar-refractivity contribution in [3.63, 3.8) is 0 Å². The van der Waals surface area contributed by atoms with Crippen LogP contribution in [0, 0.1) is 11.7 Å². The number of carbonyl (C=O) groups is 2. The molecule has 2 N–H and O–H groups in total. The summed E-state index contributed by atoms with van der Waals surface area (Å²) in [7, 11) is -0.247. The average Bonchev–Trinajstić information content (AvgIpc) is 2.94. The van der Waals surface area contributed by atoms with E-state index >= 15 is 0 Å². The van der Waals surface area contributed by atoms with Crippen molar-refractivity contribution < 1.29 is 49.4 Å². The maximum absolute atomic E-state index is 13.7. The maximum atomic E-state index is 13.7. The molecule has 2 heterocycles. The Morgan fingerprint density at radius 1 is 0.884 bits per heavy atom. The number of urea groups is 1. The molecule has 0 spiro atoms. The number of rotatable bonds is 4. The molecule has 15 heteroatoms. The van der Waals surface area contributed by atoms with E-state index in [-0.39, 0.29) is 43.0 Å². The van der Waals surface area contributed by atoms with E-state index in [1.807, 2.05) is 0 Å². The van der Waals surface area contributed by atoms with E-state index in [0.717, 1.165) is 7.05 Å². The smallest absolute Gasteiger partial charge is 0.342 e. The van der Waals surface area contributed by atoms with E-state index in [1.165, 1.54) is 36.2 Å².